The quantitative estimate of drug-likeness (QED) is 0.727. The molecule has 6 heteroatoms. The Bertz CT molecular complexity index is 935. The highest BCUT2D eigenvalue weighted by Gasteiger charge is 2.15. The van der Waals surface area contributed by atoms with Gasteiger partial charge < -0.3 is 0 Å². The third kappa shape index (κ3) is 2.16. The molecule has 0 aliphatic rings. The van der Waals surface area contributed by atoms with Crippen LogP contribution < -0.4 is 5.56 Å². The Morgan fingerprint density at radius 2 is 1.82 bits per heavy atom. The number of hydrogen-bond acceptors (Lipinski definition) is 2. The third-order valence-corrected chi connectivity index (χ3v) is 3.39. The average Bonchev–Trinajstić information content (AvgIpc) is 2.50. The molecule has 2 aromatic carbocycles. The van der Waals surface area contributed by atoms with E-state index in [1.54, 1.807) is 6.92 Å². The second-order valence-corrected chi connectivity index (χ2v) is 4.75. The summed E-state index contributed by atoms with van der Waals surface area (Å²) in [7, 11) is 0. The average molecular weight is 304 g/mol. The van der Waals surface area contributed by atoms with Gasteiger partial charge in [0, 0.05) is 12.5 Å². The maximum absolute atomic E-state index is 13.9. The molecule has 1 aromatic heterocycles. The van der Waals surface area contributed by atoms with E-state index >= 15 is 0 Å². The van der Waals surface area contributed by atoms with Crippen molar-refractivity contribution in [1.29, 1.82) is 0 Å². The van der Waals surface area contributed by atoms with Gasteiger partial charge in [-0.05, 0) is 24.3 Å². The Balaban J connectivity index is 2.42. The van der Waals surface area contributed by atoms with Crippen LogP contribution in [0.1, 0.15) is 12.7 Å². The first-order valence-corrected chi connectivity index (χ1v) is 6.68. The van der Waals surface area contributed by atoms with Gasteiger partial charge in [0.2, 0.25) is 0 Å². The van der Waals surface area contributed by atoms with Crippen molar-refractivity contribution in [3.63, 3.8) is 0 Å². The zero-order chi connectivity index (χ0) is 15.9. The molecule has 0 radical (unpaired) electrons. The van der Waals surface area contributed by atoms with E-state index in [0.717, 1.165) is 22.8 Å². The van der Waals surface area contributed by atoms with Crippen LogP contribution in [0, 0.1) is 17.5 Å². The molecule has 0 fully saturated rings. The summed E-state index contributed by atoms with van der Waals surface area (Å²) < 4.78 is 41.6. The topological polar surface area (TPSA) is 34.9 Å². The van der Waals surface area contributed by atoms with Crippen LogP contribution in [0.3, 0.4) is 0 Å². The van der Waals surface area contributed by atoms with Gasteiger partial charge >= 0.3 is 0 Å². The van der Waals surface area contributed by atoms with Crippen molar-refractivity contribution in [2.45, 2.75) is 13.3 Å². The van der Waals surface area contributed by atoms with Crippen molar-refractivity contribution in [1.82, 2.24) is 9.55 Å². The van der Waals surface area contributed by atoms with E-state index in [1.165, 1.54) is 18.2 Å². The highest BCUT2D eigenvalue weighted by molar-refractivity contribution is 5.78. The molecule has 0 unspecified atom stereocenters. The van der Waals surface area contributed by atoms with E-state index in [1.807, 2.05) is 0 Å². The van der Waals surface area contributed by atoms with Crippen molar-refractivity contribution in [2.75, 3.05) is 0 Å². The lowest BCUT2D eigenvalue weighted by molar-refractivity contribution is 0.507. The van der Waals surface area contributed by atoms with Gasteiger partial charge in [0.15, 0.2) is 11.6 Å². The van der Waals surface area contributed by atoms with Gasteiger partial charge in [-0.25, -0.2) is 18.2 Å². The van der Waals surface area contributed by atoms with Crippen LogP contribution in [0.25, 0.3) is 16.6 Å². The van der Waals surface area contributed by atoms with Crippen LogP contribution in [0.5, 0.6) is 0 Å². The molecule has 0 aliphatic heterocycles. The molecule has 0 aliphatic carbocycles. The van der Waals surface area contributed by atoms with E-state index in [4.69, 9.17) is 0 Å². The molecule has 0 atom stereocenters. The summed E-state index contributed by atoms with van der Waals surface area (Å²) in [5.74, 6) is -2.46. The number of benzene rings is 2. The lowest BCUT2D eigenvalue weighted by atomic mass is 10.2. The van der Waals surface area contributed by atoms with E-state index in [-0.39, 0.29) is 16.6 Å². The lowest BCUT2D eigenvalue weighted by Gasteiger charge is -2.13. The van der Waals surface area contributed by atoms with Crippen molar-refractivity contribution in [3.8, 4) is 5.69 Å². The summed E-state index contributed by atoms with van der Waals surface area (Å²) in [6.45, 7) is 1.77. The van der Waals surface area contributed by atoms with E-state index in [0.29, 0.717) is 12.2 Å². The second kappa shape index (κ2) is 5.29. The predicted octanol–water partition coefficient (Wildman–Crippen LogP) is 3.37. The smallest absolute Gasteiger partial charge is 0.268 e. The minimum absolute atomic E-state index is 0.110. The molecule has 3 nitrogen and oxygen atoms in total. The van der Waals surface area contributed by atoms with Gasteiger partial charge in [-0.1, -0.05) is 13.0 Å². The predicted molar refractivity (Wildman–Crippen MR) is 76.6 cm³/mol. The first-order valence-electron chi connectivity index (χ1n) is 6.68. The van der Waals surface area contributed by atoms with E-state index in [2.05, 4.69) is 4.98 Å². The Labute approximate surface area is 123 Å². The fraction of sp³-hybridized carbons (Fsp3) is 0.125. The molecule has 0 N–H and O–H groups in total. The van der Waals surface area contributed by atoms with Crippen LogP contribution in [-0.2, 0) is 6.42 Å². The summed E-state index contributed by atoms with van der Waals surface area (Å²) in [5.41, 5.74) is -0.301. The fourth-order valence-corrected chi connectivity index (χ4v) is 2.36. The normalized spacial score (nSPS) is 11.1. The first-order chi connectivity index (χ1) is 10.5. The van der Waals surface area contributed by atoms with Crippen molar-refractivity contribution >= 4 is 10.9 Å². The molecule has 22 heavy (non-hydrogen) atoms. The number of nitrogens with zero attached hydrogens (tertiary/aromatic N) is 2. The van der Waals surface area contributed by atoms with Crippen LogP contribution in [0.15, 0.2) is 41.2 Å². The zero-order valence-corrected chi connectivity index (χ0v) is 11.6. The summed E-state index contributed by atoms with van der Waals surface area (Å²) in [5, 5.41) is -0.176. The van der Waals surface area contributed by atoms with Crippen LogP contribution in [0.2, 0.25) is 0 Å². The lowest BCUT2D eigenvalue weighted by Crippen LogP contribution is -2.24. The van der Waals surface area contributed by atoms with E-state index < -0.39 is 23.0 Å². The highest BCUT2D eigenvalue weighted by Crippen LogP contribution is 2.17. The minimum Gasteiger partial charge on any atom is -0.268 e. The van der Waals surface area contributed by atoms with E-state index in [9.17, 15) is 18.0 Å². The Morgan fingerprint density at radius 1 is 1.05 bits per heavy atom. The molecule has 0 amide bonds. The molecule has 0 spiro atoms. The van der Waals surface area contributed by atoms with Crippen molar-refractivity contribution in [2.24, 2.45) is 0 Å². The maximum Gasteiger partial charge on any atom is 0.268 e. The Hall–Kier alpha value is -2.63. The van der Waals surface area contributed by atoms with Gasteiger partial charge in [-0.3, -0.25) is 9.36 Å². The third-order valence-electron chi connectivity index (χ3n) is 3.39. The summed E-state index contributed by atoms with van der Waals surface area (Å²) in [4.78, 5) is 16.8. The first kappa shape index (κ1) is 14.3. The molecule has 0 bridgehead atoms. The summed E-state index contributed by atoms with van der Waals surface area (Å²) in [6.07, 6.45) is 0.376. The van der Waals surface area contributed by atoms with Gasteiger partial charge in [0.05, 0.1) is 11.2 Å². The number of rotatable bonds is 2. The largest absolute Gasteiger partial charge is 0.268 e. The number of aromatic nitrogens is 2. The second-order valence-electron chi connectivity index (χ2n) is 4.75. The number of halogens is 3. The van der Waals surface area contributed by atoms with Crippen LogP contribution in [-0.4, -0.2) is 9.55 Å². The summed E-state index contributed by atoms with van der Waals surface area (Å²) in [6, 6.07) is 7.23. The zero-order valence-electron chi connectivity index (χ0n) is 11.6. The molecule has 3 aromatic rings. The number of hydrogen-bond donors (Lipinski definition) is 0. The van der Waals surface area contributed by atoms with Gasteiger partial charge in [0.1, 0.15) is 17.0 Å². The minimum atomic E-state index is -1.08. The van der Waals surface area contributed by atoms with Gasteiger partial charge in [-0.2, -0.15) is 0 Å². The molecule has 0 saturated carbocycles. The monoisotopic (exact) mass is 304 g/mol. The summed E-state index contributed by atoms with van der Waals surface area (Å²) >= 11 is 0. The SMILES string of the molecule is CCc1nc2cccc(F)c2c(=O)n1-c1ccc(F)c(F)c1. The van der Waals surface area contributed by atoms with Crippen molar-refractivity contribution < 1.29 is 13.2 Å². The highest BCUT2D eigenvalue weighted by atomic mass is 19.2. The van der Waals surface area contributed by atoms with Gasteiger partial charge in [0.25, 0.3) is 5.56 Å². The molecular weight excluding hydrogens is 293 g/mol. The molecule has 0 saturated heterocycles. The molecule has 112 valence electrons. The van der Waals surface area contributed by atoms with Crippen molar-refractivity contribution in [3.05, 3.63) is 70.0 Å². The maximum atomic E-state index is 13.9. The Kier molecular flexibility index (Phi) is 3.44. The molecular formula is C16H11F3N2O. The Morgan fingerprint density at radius 3 is 2.50 bits per heavy atom. The van der Waals surface area contributed by atoms with Crippen LogP contribution in [0.4, 0.5) is 13.2 Å². The molecule has 3 rings (SSSR count). The fourth-order valence-electron chi connectivity index (χ4n) is 2.36. The van der Waals surface area contributed by atoms with Gasteiger partial charge in [-0.15, -0.1) is 0 Å². The number of aryl methyl sites for hydroxylation is 1. The number of fused-ring (bicyclic) bond motifs is 1. The molecule has 1 heterocycles. The standard InChI is InChI=1S/C16H11F3N2O/c1-2-14-20-13-5-3-4-11(18)15(13)16(22)21(14)9-6-7-10(17)12(19)8-9/h3-8H,2H2,1H3. The van der Waals surface area contributed by atoms with Crippen LogP contribution >= 0.6 is 0 Å².